The average Bonchev–Trinajstić information content (AvgIpc) is 2.74. The molecule has 0 aromatic carbocycles. The average molecular weight is 273 g/mol. The van der Waals surface area contributed by atoms with Gasteiger partial charge in [0.05, 0.1) is 11.6 Å². The summed E-state index contributed by atoms with van der Waals surface area (Å²) in [4.78, 5) is 30.0. The number of likely N-dealkylation sites (tertiary alicyclic amines) is 1. The molecule has 106 valence electrons. The molecule has 2 saturated heterocycles. The first kappa shape index (κ1) is 13.1. The van der Waals surface area contributed by atoms with E-state index in [4.69, 9.17) is 0 Å². The molecule has 3 heterocycles. The monoisotopic (exact) mass is 273 g/mol. The Bertz CT molecular complexity index is 526. The Morgan fingerprint density at radius 3 is 3.00 bits per heavy atom. The fourth-order valence-corrected chi connectivity index (χ4v) is 3.07. The van der Waals surface area contributed by atoms with Gasteiger partial charge in [0.1, 0.15) is 0 Å². The zero-order valence-electron chi connectivity index (χ0n) is 11.6. The lowest BCUT2D eigenvalue weighted by molar-refractivity contribution is -0.121. The van der Waals surface area contributed by atoms with Crippen molar-refractivity contribution in [2.24, 2.45) is 5.92 Å². The number of nitrogens with one attached hydrogen (secondary N) is 1. The van der Waals surface area contributed by atoms with E-state index < -0.39 is 0 Å². The third-order valence-electron chi connectivity index (χ3n) is 4.21. The minimum Gasteiger partial charge on any atom is -0.351 e. The lowest BCUT2D eigenvalue weighted by atomic mass is 9.99. The number of rotatable bonds is 1. The van der Waals surface area contributed by atoms with Gasteiger partial charge in [-0.3, -0.25) is 14.6 Å². The van der Waals surface area contributed by atoms with Crippen molar-refractivity contribution in [3.63, 3.8) is 0 Å². The molecule has 0 unspecified atom stereocenters. The van der Waals surface area contributed by atoms with E-state index in [-0.39, 0.29) is 17.9 Å². The van der Waals surface area contributed by atoms with Crippen molar-refractivity contribution in [2.45, 2.75) is 32.2 Å². The number of nitrogens with zero attached hydrogens (tertiary/aromatic N) is 2. The molecule has 3 rings (SSSR count). The van der Waals surface area contributed by atoms with Crippen molar-refractivity contribution in [1.82, 2.24) is 15.2 Å². The Morgan fingerprint density at radius 2 is 2.25 bits per heavy atom. The summed E-state index contributed by atoms with van der Waals surface area (Å²) in [7, 11) is 0. The van der Waals surface area contributed by atoms with Gasteiger partial charge in [0.25, 0.3) is 5.91 Å². The second-order valence-electron chi connectivity index (χ2n) is 5.72. The second-order valence-corrected chi connectivity index (χ2v) is 5.72. The summed E-state index contributed by atoms with van der Waals surface area (Å²) in [6.45, 7) is 3.25. The van der Waals surface area contributed by atoms with Crippen molar-refractivity contribution in [2.75, 3.05) is 13.1 Å². The van der Waals surface area contributed by atoms with Gasteiger partial charge < -0.3 is 10.2 Å². The third kappa shape index (κ3) is 2.53. The van der Waals surface area contributed by atoms with E-state index in [2.05, 4.69) is 10.3 Å². The highest BCUT2D eigenvalue weighted by Gasteiger charge is 2.37. The summed E-state index contributed by atoms with van der Waals surface area (Å²) in [6.07, 6.45) is 4.17. The number of carbonyl (C=O) groups is 2. The van der Waals surface area contributed by atoms with Crippen LogP contribution < -0.4 is 5.32 Å². The van der Waals surface area contributed by atoms with E-state index in [1.54, 1.807) is 6.20 Å². The highest BCUT2D eigenvalue weighted by molar-refractivity contribution is 5.94. The van der Waals surface area contributed by atoms with Crippen molar-refractivity contribution in [1.29, 1.82) is 0 Å². The Hall–Kier alpha value is -1.91. The van der Waals surface area contributed by atoms with Crippen LogP contribution in [-0.4, -0.2) is 40.8 Å². The van der Waals surface area contributed by atoms with Crippen LogP contribution in [0.5, 0.6) is 0 Å². The van der Waals surface area contributed by atoms with E-state index >= 15 is 0 Å². The molecule has 5 nitrogen and oxygen atoms in total. The van der Waals surface area contributed by atoms with Gasteiger partial charge in [-0.2, -0.15) is 0 Å². The van der Waals surface area contributed by atoms with Crippen molar-refractivity contribution < 1.29 is 9.59 Å². The number of carbonyl (C=O) groups excluding carboxylic acids is 2. The minimum absolute atomic E-state index is 0.0137. The van der Waals surface area contributed by atoms with Crippen LogP contribution >= 0.6 is 0 Å². The normalized spacial score (nSPS) is 25.9. The van der Waals surface area contributed by atoms with Crippen molar-refractivity contribution in [3.05, 3.63) is 29.6 Å². The molecular formula is C15H19N3O2. The zero-order valence-corrected chi connectivity index (χ0v) is 11.6. The molecule has 1 aromatic rings. The van der Waals surface area contributed by atoms with Gasteiger partial charge in [-0.15, -0.1) is 0 Å². The summed E-state index contributed by atoms with van der Waals surface area (Å²) in [6, 6.07) is 3.79. The van der Waals surface area contributed by atoms with Crippen LogP contribution in [0.4, 0.5) is 0 Å². The van der Waals surface area contributed by atoms with Gasteiger partial charge >= 0.3 is 0 Å². The van der Waals surface area contributed by atoms with Gasteiger partial charge in [0.2, 0.25) is 5.91 Å². The van der Waals surface area contributed by atoms with Crippen LogP contribution in [0.1, 0.15) is 35.3 Å². The number of hydrogen-bond donors (Lipinski definition) is 1. The van der Waals surface area contributed by atoms with Crippen LogP contribution in [-0.2, 0) is 4.79 Å². The van der Waals surface area contributed by atoms with Crippen LogP contribution in [0.3, 0.4) is 0 Å². The molecule has 2 aliphatic rings. The predicted octanol–water partition coefficient (Wildman–Crippen LogP) is 1.13. The second kappa shape index (κ2) is 5.23. The molecule has 0 saturated carbocycles. The fourth-order valence-electron chi connectivity index (χ4n) is 3.07. The highest BCUT2D eigenvalue weighted by Crippen LogP contribution is 2.26. The topological polar surface area (TPSA) is 62.3 Å². The first-order valence-electron chi connectivity index (χ1n) is 7.15. The van der Waals surface area contributed by atoms with Crippen LogP contribution in [0.25, 0.3) is 0 Å². The van der Waals surface area contributed by atoms with Gasteiger partial charge in [0, 0.05) is 31.4 Å². The largest absolute Gasteiger partial charge is 0.351 e. The molecule has 0 radical (unpaired) electrons. The molecule has 2 fully saturated rings. The van der Waals surface area contributed by atoms with Crippen LogP contribution in [0.15, 0.2) is 18.3 Å². The molecular weight excluding hydrogens is 254 g/mol. The Kier molecular flexibility index (Phi) is 3.42. The van der Waals surface area contributed by atoms with E-state index in [0.717, 1.165) is 25.1 Å². The predicted molar refractivity (Wildman–Crippen MR) is 74.1 cm³/mol. The molecule has 2 amide bonds. The maximum absolute atomic E-state index is 12.4. The zero-order chi connectivity index (χ0) is 14.1. The Morgan fingerprint density at radius 1 is 1.40 bits per heavy atom. The lowest BCUT2D eigenvalue weighted by Gasteiger charge is -2.17. The molecule has 0 bridgehead atoms. The molecule has 0 aliphatic carbocycles. The maximum Gasteiger partial charge on any atom is 0.255 e. The van der Waals surface area contributed by atoms with Gasteiger partial charge in [-0.05, 0) is 37.8 Å². The maximum atomic E-state index is 12.4. The molecule has 2 atom stereocenters. The summed E-state index contributed by atoms with van der Waals surface area (Å²) in [5.74, 6) is 0.521. The first-order chi connectivity index (χ1) is 9.63. The van der Waals surface area contributed by atoms with E-state index in [1.165, 1.54) is 0 Å². The molecule has 20 heavy (non-hydrogen) atoms. The van der Waals surface area contributed by atoms with Crippen LogP contribution in [0, 0.1) is 12.8 Å². The molecule has 0 spiro atoms. The number of aryl methyl sites for hydroxylation is 1. The number of amides is 2. The molecule has 1 N–H and O–H groups in total. The SMILES string of the molecule is Cc1ccc(C(=O)N2C[C@H]3CCCC(=O)N[C@H]3C2)cn1. The number of hydrogen-bond acceptors (Lipinski definition) is 3. The molecule has 5 heteroatoms. The van der Waals surface area contributed by atoms with Gasteiger partial charge in [-0.25, -0.2) is 0 Å². The molecule has 1 aromatic heterocycles. The summed E-state index contributed by atoms with van der Waals surface area (Å²) in [5, 5.41) is 3.04. The van der Waals surface area contributed by atoms with E-state index in [0.29, 0.717) is 24.4 Å². The van der Waals surface area contributed by atoms with Gasteiger partial charge in [-0.1, -0.05) is 0 Å². The Labute approximate surface area is 118 Å². The fraction of sp³-hybridized carbons (Fsp3) is 0.533. The minimum atomic E-state index is 0.0137. The Balaban J connectivity index is 1.71. The quantitative estimate of drug-likeness (QED) is 0.834. The third-order valence-corrected chi connectivity index (χ3v) is 4.21. The van der Waals surface area contributed by atoms with Crippen molar-refractivity contribution in [3.8, 4) is 0 Å². The number of aromatic nitrogens is 1. The highest BCUT2D eigenvalue weighted by atomic mass is 16.2. The lowest BCUT2D eigenvalue weighted by Crippen LogP contribution is -2.39. The summed E-state index contributed by atoms with van der Waals surface area (Å²) in [5.41, 5.74) is 1.53. The van der Waals surface area contributed by atoms with Crippen LogP contribution in [0.2, 0.25) is 0 Å². The first-order valence-corrected chi connectivity index (χ1v) is 7.15. The number of pyridine rings is 1. The van der Waals surface area contributed by atoms with E-state index in [9.17, 15) is 9.59 Å². The number of fused-ring (bicyclic) bond motifs is 1. The van der Waals surface area contributed by atoms with E-state index in [1.807, 2.05) is 24.0 Å². The van der Waals surface area contributed by atoms with Crippen molar-refractivity contribution >= 4 is 11.8 Å². The standard InChI is InChI=1S/C15H19N3O2/c1-10-5-6-11(7-16-10)15(20)18-8-12-3-2-4-14(19)17-13(12)9-18/h5-7,12-13H,2-4,8-9H2,1H3,(H,17,19)/t12-,13+/m1/s1. The molecule has 2 aliphatic heterocycles. The summed E-state index contributed by atoms with van der Waals surface area (Å²) >= 11 is 0. The smallest absolute Gasteiger partial charge is 0.255 e. The summed E-state index contributed by atoms with van der Waals surface area (Å²) < 4.78 is 0. The van der Waals surface area contributed by atoms with Gasteiger partial charge in [0.15, 0.2) is 0 Å².